The number of fused-ring (bicyclic) bond motifs is 1. The second-order valence-corrected chi connectivity index (χ2v) is 7.85. The normalized spacial score (nSPS) is 16.5. The SMILES string of the molecule is O=C(c1cc(-c2cccs2)[nH]n1)N1CCN(Cc2ccc3c(c2)OCO3)CC1. The van der Waals surface area contributed by atoms with Crippen molar-refractivity contribution in [2.75, 3.05) is 33.0 Å². The van der Waals surface area contributed by atoms with Crippen molar-refractivity contribution in [3.8, 4) is 22.1 Å². The molecule has 5 rings (SSSR count). The van der Waals surface area contributed by atoms with Crippen molar-refractivity contribution in [1.29, 1.82) is 0 Å². The maximum atomic E-state index is 12.8. The van der Waals surface area contributed by atoms with Crippen LogP contribution in [0.25, 0.3) is 10.6 Å². The lowest BCUT2D eigenvalue weighted by atomic mass is 10.1. The summed E-state index contributed by atoms with van der Waals surface area (Å²) in [7, 11) is 0. The number of aromatic amines is 1. The van der Waals surface area contributed by atoms with Crippen LogP contribution in [0.2, 0.25) is 0 Å². The molecule has 28 heavy (non-hydrogen) atoms. The third-order valence-corrected chi connectivity index (χ3v) is 5.99. The van der Waals surface area contributed by atoms with E-state index in [9.17, 15) is 4.79 Å². The molecule has 1 fully saturated rings. The van der Waals surface area contributed by atoms with E-state index in [0.717, 1.165) is 41.7 Å². The van der Waals surface area contributed by atoms with Gasteiger partial charge in [0.15, 0.2) is 17.2 Å². The van der Waals surface area contributed by atoms with Gasteiger partial charge in [-0.25, -0.2) is 0 Å². The molecule has 1 amide bonds. The minimum absolute atomic E-state index is 0.0122. The molecular formula is C20H20N4O3S. The summed E-state index contributed by atoms with van der Waals surface area (Å²) in [6.45, 7) is 4.20. The average molecular weight is 396 g/mol. The number of thiophene rings is 1. The molecule has 3 aromatic rings. The maximum absolute atomic E-state index is 12.8. The highest BCUT2D eigenvalue weighted by molar-refractivity contribution is 7.13. The van der Waals surface area contributed by atoms with Gasteiger partial charge >= 0.3 is 0 Å². The number of hydrogen-bond donors (Lipinski definition) is 1. The fourth-order valence-corrected chi connectivity index (χ4v) is 4.25. The molecule has 2 aliphatic heterocycles. The van der Waals surface area contributed by atoms with E-state index in [1.165, 1.54) is 5.56 Å². The Balaban J connectivity index is 1.18. The zero-order valence-corrected chi connectivity index (χ0v) is 16.1. The highest BCUT2D eigenvalue weighted by atomic mass is 32.1. The van der Waals surface area contributed by atoms with E-state index in [4.69, 9.17) is 9.47 Å². The molecule has 1 saturated heterocycles. The third-order valence-electron chi connectivity index (χ3n) is 5.09. The van der Waals surface area contributed by atoms with Gasteiger partial charge in [0.05, 0.1) is 10.6 Å². The van der Waals surface area contributed by atoms with Gasteiger partial charge in [0.1, 0.15) is 0 Å². The van der Waals surface area contributed by atoms with Crippen molar-refractivity contribution in [2.24, 2.45) is 0 Å². The van der Waals surface area contributed by atoms with E-state index >= 15 is 0 Å². The Bertz CT molecular complexity index is 977. The van der Waals surface area contributed by atoms with Crippen molar-refractivity contribution in [3.63, 3.8) is 0 Å². The molecule has 2 aliphatic rings. The van der Waals surface area contributed by atoms with Crippen LogP contribution in [-0.2, 0) is 6.54 Å². The summed E-state index contributed by atoms with van der Waals surface area (Å²) in [6.07, 6.45) is 0. The fourth-order valence-electron chi connectivity index (χ4n) is 3.56. The Morgan fingerprint density at radius 3 is 2.79 bits per heavy atom. The molecule has 2 aromatic heterocycles. The highest BCUT2D eigenvalue weighted by Crippen LogP contribution is 2.33. The first-order chi connectivity index (χ1) is 13.8. The quantitative estimate of drug-likeness (QED) is 0.734. The molecule has 8 heteroatoms. The minimum Gasteiger partial charge on any atom is -0.454 e. The topological polar surface area (TPSA) is 70.7 Å². The van der Waals surface area contributed by atoms with Crippen molar-refractivity contribution in [2.45, 2.75) is 6.54 Å². The van der Waals surface area contributed by atoms with Crippen LogP contribution in [0.4, 0.5) is 0 Å². The Labute approximate surface area is 166 Å². The van der Waals surface area contributed by atoms with E-state index in [-0.39, 0.29) is 5.91 Å². The number of nitrogens with one attached hydrogen (secondary N) is 1. The number of nitrogens with zero attached hydrogens (tertiary/aromatic N) is 3. The summed E-state index contributed by atoms with van der Waals surface area (Å²) in [5, 5.41) is 9.20. The first kappa shape index (κ1) is 17.3. The van der Waals surface area contributed by atoms with Crippen molar-refractivity contribution >= 4 is 17.2 Å². The van der Waals surface area contributed by atoms with Crippen molar-refractivity contribution < 1.29 is 14.3 Å². The molecule has 0 spiro atoms. The number of carbonyl (C=O) groups is 1. The van der Waals surface area contributed by atoms with Crippen LogP contribution >= 0.6 is 11.3 Å². The fraction of sp³-hybridized carbons (Fsp3) is 0.300. The zero-order chi connectivity index (χ0) is 18.9. The number of ether oxygens (including phenoxy) is 2. The maximum Gasteiger partial charge on any atom is 0.274 e. The Hall–Kier alpha value is -2.84. The largest absolute Gasteiger partial charge is 0.454 e. The molecule has 1 aromatic carbocycles. The molecule has 0 aliphatic carbocycles. The van der Waals surface area contributed by atoms with Crippen LogP contribution in [0.15, 0.2) is 41.8 Å². The molecule has 7 nitrogen and oxygen atoms in total. The smallest absolute Gasteiger partial charge is 0.274 e. The van der Waals surface area contributed by atoms with Crippen LogP contribution in [0.3, 0.4) is 0 Å². The number of benzene rings is 1. The Kier molecular flexibility index (Phi) is 4.50. The Morgan fingerprint density at radius 2 is 1.96 bits per heavy atom. The highest BCUT2D eigenvalue weighted by Gasteiger charge is 2.24. The third kappa shape index (κ3) is 3.36. The number of piperazine rings is 1. The minimum atomic E-state index is -0.0122. The molecular weight excluding hydrogens is 376 g/mol. The van der Waals surface area contributed by atoms with Crippen LogP contribution in [0, 0.1) is 0 Å². The number of aromatic nitrogens is 2. The lowest BCUT2D eigenvalue weighted by Crippen LogP contribution is -2.48. The van der Waals surface area contributed by atoms with Crippen LogP contribution in [0.1, 0.15) is 16.1 Å². The lowest BCUT2D eigenvalue weighted by Gasteiger charge is -2.34. The summed E-state index contributed by atoms with van der Waals surface area (Å²) < 4.78 is 10.8. The predicted octanol–water partition coefficient (Wildman–Crippen LogP) is 2.82. The standard InChI is InChI=1S/C20H20N4O3S/c25-20(16-11-15(21-22-16)19-2-1-9-28-19)24-7-5-23(6-8-24)12-14-3-4-17-18(10-14)27-13-26-17/h1-4,9-11H,5-8,12-13H2,(H,21,22). The predicted molar refractivity (Wildman–Crippen MR) is 106 cm³/mol. The summed E-state index contributed by atoms with van der Waals surface area (Å²) in [5.74, 6) is 1.60. The molecule has 0 bridgehead atoms. The van der Waals surface area contributed by atoms with Crippen LogP contribution < -0.4 is 9.47 Å². The van der Waals surface area contributed by atoms with Gasteiger partial charge in [0.2, 0.25) is 6.79 Å². The molecule has 0 unspecified atom stereocenters. The van der Waals surface area contributed by atoms with Gasteiger partial charge in [-0.1, -0.05) is 12.1 Å². The number of carbonyl (C=O) groups excluding carboxylic acids is 1. The van der Waals surface area contributed by atoms with E-state index in [1.54, 1.807) is 11.3 Å². The summed E-state index contributed by atoms with van der Waals surface area (Å²) in [6, 6.07) is 11.9. The van der Waals surface area contributed by atoms with Gasteiger partial charge in [0, 0.05) is 32.7 Å². The number of hydrogen-bond acceptors (Lipinski definition) is 6. The van der Waals surface area contributed by atoms with Crippen LogP contribution in [-0.4, -0.2) is 58.9 Å². The van der Waals surface area contributed by atoms with E-state index in [2.05, 4.69) is 21.2 Å². The lowest BCUT2D eigenvalue weighted by molar-refractivity contribution is 0.0622. The average Bonchev–Trinajstić information content (AvgIpc) is 3.48. The van der Waals surface area contributed by atoms with Gasteiger partial charge in [-0.15, -0.1) is 11.3 Å². The summed E-state index contributed by atoms with van der Waals surface area (Å²) in [5.41, 5.74) is 2.56. The van der Waals surface area contributed by atoms with E-state index in [1.807, 2.05) is 40.6 Å². The van der Waals surface area contributed by atoms with Crippen molar-refractivity contribution in [3.05, 3.63) is 53.0 Å². The summed E-state index contributed by atoms with van der Waals surface area (Å²) >= 11 is 1.63. The van der Waals surface area contributed by atoms with E-state index < -0.39 is 0 Å². The van der Waals surface area contributed by atoms with Gasteiger partial charge in [-0.3, -0.25) is 14.8 Å². The molecule has 0 saturated carbocycles. The van der Waals surface area contributed by atoms with Gasteiger partial charge in [-0.2, -0.15) is 5.10 Å². The van der Waals surface area contributed by atoms with Gasteiger partial charge < -0.3 is 14.4 Å². The number of rotatable bonds is 4. The number of H-pyrrole nitrogens is 1. The first-order valence-corrected chi connectivity index (χ1v) is 10.1. The molecule has 0 atom stereocenters. The molecule has 0 radical (unpaired) electrons. The Morgan fingerprint density at radius 1 is 1.11 bits per heavy atom. The van der Waals surface area contributed by atoms with Gasteiger partial charge in [0.25, 0.3) is 5.91 Å². The van der Waals surface area contributed by atoms with E-state index in [0.29, 0.717) is 25.6 Å². The first-order valence-electron chi connectivity index (χ1n) is 9.26. The molecule has 1 N–H and O–H groups in total. The van der Waals surface area contributed by atoms with Gasteiger partial charge in [-0.05, 0) is 35.2 Å². The zero-order valence-electron chi connectivity index (χ0n) is 15.3. The monoisotopic (exact) mass is 396 g/mol. The molecule has 4 heterocycles. The number of amides is 1. The summed E-state index contributed by atoms with van der Waals surface area (Å²) in [4.78, 5) is 18.1. The molecule has 144 valence electrons. The second-order valence-electron chi connectivity index (χ2n) is 6.90. The van der Waals surface area contributed by atoms with Crippen molar-refractivity contribution in [1.82, 2.24) is 20.0 Å². The van der Waals surface area contributed by atoms with Crippen LogP contribution in [0.5, 0.6) is 11.5 Å². The second kappa shape index (κ2) is 7.29.